The molecule has 0 bridgehead atoms. The standard InChI is InChI=1S/C10H7Cl2N/c11-8-5-9(12)10(13)7-4-2-1-3-6(7)8/h1-5H,13H2. The Morgan fingerprint density at radius 3 is 2.23 bits per heavy atom. The molecule has 2 N–H and O–H groups in total. The fourth-order valence-electron chi connectivity index (χ4n) is 1.32. The van der Waals surface area contributed by atoms with Gasteiger partial charge in [0, 0.05) is 10.8 Å². The lowest BCUT2D eigenvalue weighted by atomic mass is 10.1. The molecule has 0 atom stereocenters. The molecular weight excluding hydrogens is 205 g/mol. The van der Waals surface area contributed by atoms with E-state index >= 15 is 0 Å². The van der Waals surface area contributed by atoms with Crippen LogP contribution in [0, 0.1) is 0 Å². The summed E-state index contributed by atoms with van der Waals surface area (Å²) in [5.41, 5.74) is 6.38. The quantitative estimate of drug-likeness (QED) is 0.661. The maximum absolute atomic E-state index is 5.99. The molecule has 13 heavy (non-hydrogen) atoms. The van der Waals surface area contributed by atoms with Gasteiger partial charge in [-0.3, -0.25) is 0 Å². The Balaban J connectivity index is 2.97. The lowest BCUT2D eigenvalue weighted by Crippen LogP contribution is -1.88. The van der Waals surface area contributed by atoms with Crippen LogP contribution in [-0.2, 0) is 0 Å². The van der Waals surface area contributed by atoms with E-state index in [1.807, 2.05) is 24.3 Å². The number of hydrogen-bond donors (Lipinski definition) is 1. The van der Waals surface area contributed by atoms with E-state index in [1.54, 1.807) is 6.07 Å². The van der Waals surface area contributed by atoms with Crippen LogP contribution in [0.2, 0.25) is 10.0 Å². The molecule has 0 heterocycles. The Hall–Kier alpha value is -0.920. The molecule has 0 aliphatic carbocycles. The highest BCUT2D eigenvalue weighted by Crippen LogP contribution is 2.33. The highest BCUT2D eigenvalue weighted by molar-refractivity contribution is 6.40. The zero-order chi connectivity index (χ0) is 9.42. The second-order valence-corrected chi connectivity index (χ2v) is 3.61. The highest BCUT2D eigenvalue weighted by atomic mass is 35.5. The van der Waals surface area contributed by atoms with Gasteiger partial charge in [0.15, 0.2) is 0 Å². The molecule has 66 valence electrons. The number of benzene rings is 2. The first kappa shape index (κ1) is 8.67. The van der Waals surface area contributed by atoms with Crippen molar-refractivity contribution in [2.24, 2.45) is 0 Å². The molecule has 0 radical (unpaired) electrons. The smallest absolute Gasteiger partial charge is 0.0656 e. The van der Waals surface area contributed by atoms with E-state index in [0.29, 0.717) is 15.7 Å². The van der Waals surface area contributed by atoms with E-state index in [-0.39, 0.29) is 0 Å². The highest BCUT2D eigenvalue weighted by Gasteiger charge is 2.05. The summed E-state index contributed by atoms with van der Waals surface area (Å²) in [7, 11) is 0. The molecule has 0 spiro atoms. The lowest BCUT2D eigenvalue weighted by Gasteiger charge is -2.05. The normalized spacial score (nSPS) is 10.6. The van der Waals surface area contributed by atoms with Crippen LogP contribution in [0.1, 0.15) is 0 Å². The maximum atomic E-state index is 5.99. The summed E-state index contributed by atoms with van der Waals surface area (Å²) in [6.07, 6.45) is 0. The van der Waals surface area contributed by atoms with Crippen LogP contribution in [0.3, 0.4) is 0 Å². The predicted molar refractivity (Wildman–Crippen MR) is 58.4 cm³/mol. The average molecular weight is 212 g/mol. The van der Waals surface area contributed by atoms with Gasteiger partial charge in [-0.05, 0) is 6.07 Å². The van der Waals surface area contributed by atoms with Crippen LogP contribution in [0.25, 0.3) is 10.8 Å². The summed E-state index contributed by atoms with van der Waals surface area (Å²) in [5.74, 6) is 0. The SMILES string of the molecule is Nc1c(Cl)cc(Cl)c2ccccc12. The van der Waals surface area contributed by atoms with Crippen LogP contribution in [-0.4, -0.2) is 0 Å². The van der Waals surface area contributed by atoms with Crippen LogP contribution in [0.5, 0.6) is 0 Å². The molecule has 0 aliphatic rings. The van der Waals surface area contributed by atoms with E-state index in [9.17, 15) is 0 Å². The van der Waals surface area contributed by atoms with E-state index in [0.717, 1.165) is 10.8 Å². The zero-order valence-electron chi connectivity index (χ0n) is 6.72. The average Bonchev–Trinajstić information content (AvgIpc) is 2.15. The van der Waals surface area contributed by atoms with Crippen molar-refractivity contribution in [3.8, 4) is 0 Å². The third kappa shape index (κ3) is 1.34. The van der Waals surface area contributed by atoms with Crippen molar-refractivity contribution >= 4 is 39.7 Å². The first-order valence-electron chi connectivity index (χ1n) is 3.82. The van der Waals surface area contributed by atoms with Gasteiger partial charge < -0.3 is 5.73 Å². The van der Waals surface area contributed by atoms with Gasteiger partial charge in [0.2, 0.25) is 0 Å². The third-order valence-corrected chi connectivity index (χ3v) is 2.61. The maximum Gasteiger partial charge on any atom is 0.0656 e. The van der Waals surface area contributed by atoms with Crippen molar-refractivity contribution in [3.05, 3.63) is 40.4 Å². The Bertz CT molecular complexity index is 466. The lowest BCUT2D eigenvalue weighted by molar-refractivity contribution is 1.72. The number of nitrogen functional groups attached to an aromatic ring is 1. The van der Waals surface area contributed by atoms with Crippen molar-refractivity contribution in [2.45, 2.75) is 0 Å². The number of anilines is 1. The molecule has 0 fully saturated rings. The molecule has 2 aromatic carbocycles. The van der Waals surface area contributed by atoms with Crippen LogP contribution < -0.4 is 5.73 Å². The summed E-state index contributed by atoms with van der Waals surface area (Å²) >= 11 is 11.9. The van der Waals surface area contributed by atoms with Crippen molar-refractivity contribution in [2.75, 3.05) is 5.73 Å². The summed E-state index contributed by atoms with van der Waals surface area (Å²) in [6.45, 7) is 0. The van der Waals surface area contributed by atoms with Gasteiger partial charge in [-0.1, -0.05) is 47.5 Å². The first-order chi connectivity index (χ1) is 6.20. The first-order valence-corrected chi connectivity index (χ1v) is 4.58. The molecule has 0 saturated carbocycles. The molecule has 1 nitrogen and oxygen atoms in total. The summed E-state index contributed by atoms with van der Waals surface area (Å²) in [5, 5.41) is 2.98. The second-order valence-electron chi connectivity index (χ2n) is 2.80. The van der Waals surface area contributed by atoms with Crippen LogP contribution >= 0.6 is 23.2 Å². The van der Waals surface area contributed by atoms with Gasteiger partial charge >= 0.3 is 0 Å². The van der Waals surface area contributed by atoms with E-state index in [1.165, 1.54) is 0 Å². The molecule has 0 saturated heterocycles. The zero-order valence-corrected chi connectivity index (χ0v) is 8.23. The molecular formula is C10H7Cl2N. The Kier molecular flexibility index (Phi) is 2.06. The second kappa shape index (κ2) is 3.09. The van der Waals surface area contributed by atoms with Gasteiger partial charge in [-0.2, -0.15) is 0 Å². The monoisotopic (exact) mass is 211 g/mol. The minimum atomic E-state index is 0.503. The van der Waals surface area contributed by atoms with Gasteiger partial charge in [0.25, 0.3) is 0 Å². The topological polar surface area (TPSA) is 26.0 Å². The van der Waals surface area contributed by atoms with Gasteiger partial charge in [-0.15, -0.1) is 0 Å². The molecule has 0 aromatic heterocycles. The van der Waals surface area contributed by atoms with Gasteiger partial charge in [0.1, 0.15) is 0 Å². The van der Waals surface area contributed by atoms with E-state index in [2.05, 4.69) is 0 Å². The van der Waals surface area contributed by atoms with Crippen molar-refractivity contribution in [1.82, 2.24) is 0 Å². The van der Waals surface area contributed by atoms with Crippen LogP contribution in [0.15, 0.2) is 30.3 Å². The summed E-state index contributed by atoms with van der Waals surface area (Å²) in [4.78, 5) is 0. The largest absolute Gasteiger partial charge is 0.397 e. The predicted octanol–water partition coefficient (Wildman–Crippen LogP) is 3.73. The van der Waals surface area contributed by atoms with Crippen LogP contribution in [0.4, 0.5) is 5.69 Å². The fourth-order valence-corrected chi connectivity index (χ4v) is 1.86. The summed E-state index contributed by atoms with van der Waals surface area (Å²) in [6, 6.07) is 9.32. The molecule has 0 aliphatic heterocycles. The van der Waals surface area contributed by atoms with E-state index < -0.39 is 0 Å². The number of fused-ring (bicyclic) bond motifs is 1. The van der Waals surface area contributed by atoms with Crippen molar-refractivity contribution in [1.29, 1.82) is 0 Å². The van der Waals surface area contributed by atoms with Crippen molar-refractivity contribution < 1.29 is 0 Å². The molecule has 2 rings (SSSR count). The Morgan fingerprint density at radius 2 is 1.54 bits per heavy atom. The number of halogens is 2. The third-order valence-electron chi connectivity index (χ3n) is 1.99. The molecule has 0 amide bonds. The molecule has 2 aromatic rings. The molecule has 3 heteroatoms. The fraction of sp³-hybridized carbons (Fsp3) is 0. The van der Waals surface area contributed by atoms with Crippen molar-refractivity contribution in [3.63, 3.8) is 0 Å². The van der Waals surface area contributed by atoms with Gasteiger partial charge in [0.05, 0.1) is 15.7 Å². The summed E-state index contributed by atoms with van der Waals surface area (Å²) < 4.78 is 0. The number of nitrogens with two attached hydrogens (primary N) is 1. The van der Waals surface area contributed by atoms with E-state index in [4.69, 9.17) is 28.9 Å². The molecule has 0 unspecified atom stereocenters. The Morgan fingerprint density at radius 1 is 0.923 bits per heavy atom. The number of hydrogen-bond acceptors (Lipinski definition) is 1. The Labute approximate surface area is 86.1 Å². The number of rotatable bonds is 0. The minimum Gasteiger partial charge on any atom is -0.397 e. The minimum absolute atomic E-state index is 0.503. The van der Waals surface area contributed by atoms with Gasteiger partial charge in [-0.25, -0.2) is 0 Å².